The minimum Gasteiger partial charge on any atom is -0.314 e. The Morgan fingerprint density at radius 3 is 2.04 bits per heavy atom. The van der Waals surface area contributed by atoms with Crippen LogP contribution in [0.4, 0.5) is 0 Å². The van der Waals surface area contributed by atoms with Gasteiger partial charge in [-0.25, -0.2) is 9.97 Å². The number of hydroxylamine groups is 2. The molecular formula is C21H17N3O3. The summed E-state index contributed by atoms with van der Waals surface area (Å²) in [7, 11) is 0. The summed E-state index contributed by atoms with van der Waals surface area (Å²) < 4.78 is 0. The fourth-order valence-electron chi connectivity index (χ4n) is 3.21. The number of hydrogen-bond donors (Lipinski definition) is 1. The Morgan fingerprint density at radius 2 is 1.44 bits per heavy atom. The molecule has 1 aromatic heterocycles. The maximum absolute atomic E-state index is 10.9. The molecule has 0 unspecified atom stereocenters. The summed E-state index contributed by atoms with van der Waals surface area (Å²) >= 11 is 0. The number of nitrogens with zero attached hydrogens (tertiary/aromatic N) is 3. The molecule has 1 aliphatic heterocycles. The van der Waals surface area contributed by atoms with Crippen LogP contribution in [0.1, 0.15) is 32.0 Å². The lowest BCUT2D eigenvalue weighted by atomic mass is 9.98. The third-order valence-electron chi connectivity index (χ3n) is 4.67. The molecule has 3 aromatic rings. The summed E-state index contributed by atoms with van der Waals surface area (Å²) in [6.07, 6.45) is 2.24. The van der Waals surface area contributed by atoms with Crippen LogP contribution in [0.2, 0.25) is 0 Å². The van der Waals surface area contributed by atoms with Gasteiger partial charge >= 0.3 is 0 Å². The highest BCUT2D eigenvalue weighted by Gasteiger charge is 2.22. The fourth-order valence-corrected chi connectivity index (χ4v) is 3.21. The number of fused-ring (bicyclic) bond motifs is 1. The maximum Gasteiger partial charge on any atom is 0.160 e. The molecule has 0 aliphatic carbocycles. The van der Waals surface area contributed by atoms with Gasteiger partial charge in [-0.2, -0.15) is 5.06 Å². The van der Waals surface area contributed by atoms with E-state index in [-0.39, 0.29) is 0 Å². The van der Waals surface area contributed by atoms with Crippen LogP contribution in [0.25, 0.3) is 22.6 Å². The molecule has 0 fully saturated rings. The quantitative estimate of drug-likeness (QED) is 0.721. The van der Waals surface area contributed by atoms with E-state index in [0.717, 1.165) is 40.7 Å². The van der Waals surface area contributed by atoms with E-state index in [1.807, 2.05) is 24.3 Å². The van der Waals surface area contributed by atoms with Gasteiger partial charge in [-0.15, -0.1) is 0 Å². The van der Waals surface area contributed by atoms with Crippen LogP contribution in [-0.4, -0.2) is 39.4 Å². The van der Waals surface area contributed by atoms with Crippen LogP contribution in [0.3, 0.4) is 0 Å². The molecule has 0 saturated carbocycles. The molecule has 1 aliphatic rings. The van der Waals surface area contributed by atoms with E-state index in [1.165, 1.54) is 5.06 Å². The van der Waals surface area contributed by atoms with Crippen LogP contribution in [-0.2, 0) is 13.0 Å². The summed E-state index contributed by atoms with van der Waals surface area (Å²) in [6.45, 7) is 0.847. The monoisotopic (exact) mass is 359 g/mol. The third kappa shape index (κ3) is 3.40. The lowest BCUT2D eigenvalue weighted by Crippen LogP contribution is -2.29. The first-order chi connectivity index (χ1) is 13.2. The van der Waals surface area contributed by atoms with Crippen LogP contribution in [0, 0.1) is 0 Å². The number of aldehydes is 2. The lowest BCUT2D eigenvalue weighted by Gasteiger charge is -2.24. The van der Waals surface area contributed by atoms with Gasteiger partial charge in [0.15, 0.2) is 5.82 Å². The molecular weight excluding hydrogens is 342 g/mol. The molecule has 0 spiro atoms. The van der Waals surface area contributed by atoms with Crippen molar-refractivity contribution in [2.75, 3.05) is 6.54 Å². The van der Waals surface area contributed by atoms with E-state index in [4.69, 9.17) is 4.98 Å². The van der Waals surface area contributed by atoms with Crippen molar-refractivity contribution in [1.29, 1.82) is 0 Å². The zero-order chi connectivity index (χ0) is 18.8. The summed E-state index contributed by atoms with van der Waals surface area (Å²) in [5.41, 5.74) is 5.48. The molecule has 0 atom stereocenters. The van der Waals surface area contributed by atoms with Crippen molar-refractivity contribution in [1.82, 2.24) is 15.0 Å². The molecule has 0 saturated heterocycles. The standard InChI is InChI=1S/C21H17N3O3/c25-12-14-1-5-16(6-2-14)20-18-9-10-24(27)11-19(18)22-21(23-20)17-7-3-15(13-26)4-8-17/h1-8,12-13,27H,9-11H2. The fraction of sp³-hybridized carbons (Fsp3) is 0.143. The van der Waals surface area contributed by atoms with Gasteiger partial charge in [-0.3, -0.25) is 9.59 Å². The number of benzene rings is 2. The van der Waals surface area contributed by atoms with Gasteiger partial charge in [-0.05, 0) is 6.42 Å². The molecule has 134 valence electrons. The van der Waals surface area contributed by atoms with Crippen molar-refractivity contribution < 1.29 is 14.8 Å². The second-order valence-corrected chi connectivity index (χ2v) is 6.44. The minimum absolute atomic E-state index is 0.330. The Kier molecular flexibility index (Phi) is 4.58. The zero-order valence-electron chi connectivity index (χ0n) is 14.5. The van der Waals surface area contributed by atoms with Gasteiger partial charge in [0.2, 0.25) is 0 Å². The second-order valence-electron chi connectivity index (χ2n) is 6.44. The Labute approximate surface area is 156 Å². The van der Waals surface area contributed by atoms with Crippen LogP contribution in [0.5, 0.6) is 0 Å². The van der Waals surface area contributed by atoms with Gasteiger partial charge in [-0.1, -0.05) is 48.5 Å². The SMILES string of the molecule is O=Cc1ccc(-c2nc3c(c(-c4ccc(C=O)cc4)n2)CCN(O)C3)cc1. The van der Waals surface area contributed by atoms with Crippen LogP contribution >= 0.6 is 0 Å². The minimum atomic E-state index is 0.330. The number of carbonyl (C=O) groups excluding carboxylic acids is 2. The summed E-state index contributed by atoms with van der Waals surface area (Å²) in [5, 5.41) is 11.2. The molecule has 1 N–H and O–H groups in total. The summed E-state index contributed by atoms with van der Waals surface area (Å²) in [6, 6.07) is 14.3. The van der Waals surface area contributed by atoms with Gasteiger partial charge in [0.1, 0.15) is 12.6 Å². The van der Waals surface area contributed by atoms with Crippen molar-refractivity contribution in [2.24, 2.45) is 0 Å². The van der Waals surface area contributed by atoms with Gasteiger partial charge in [0, 0.05) is 34.4 Å². The van der Waals surface area contributed by atoms with Crippen LogP contribution in [0.15, 0.2) is 48.5 Å². The van der Waals surface area contributed by atoms with E-state index in [1.54, 1.807) is 24.3 Å². The maximum atomic E-state index is 10.9. The number of carbonyl (C=O) groups is 2. The Morgan fingerprint density at radius 1 is 0.852 bits per heavy atom. The van der Waals surface area contributed by atoms with E-state index in [2.05, 4.69) is 4.98 Å². The van der Waals surface area contributed by atoms with Gasteiger partial charge < -0.3 is 5.21 Å². The summed E-state index contributed by atoms with van der Waals surface area (Å²) in [4.78, 5) is 31.2. The number of aromatic nitrogens is 2. The molecule has 6 heteroatoms. The third-order valence-corrected chi connectivity index (χ3v) is 4.67. The molecule has 4 rings (SSSR count). The van der Waals surface area contributed by atoms with Crippen LogP contribution < -0.4 is 0 Å². The first-order valence-corrected chi connectivity index (χ1v) is 8.63. The van der Waals surface area contributed by atoms with Crippen molar-refractivity contribution >= 4 is 12.6 Å². The second kappa shape index (κ2) is 7.19. The highest BCUT2D eigenvalue weighted by Crippen LogP contribution is 2.30. The summed E-state index contributed by atoms with van der Waals surface area (Å²) in [5.74, 6) is 0.538. The first kappa shape index (κ1) is 17.2. The molecule has 0 amide bonds. The molecule has 2 aromatic carbocycles. The average Bonchev–Trinajstić information content (AvgIpc) is 2.73. The van der Waals surface area contributed by atoms with E-state index >= 15 is 0 Å². The van der Waals surface area contributed by atoms with E-state index < -0.39 is 0 Å². The van der Waals surface area contributed by atoms with E-state index in [9.17, 15) is 14.8 Å². The Hall–Kier alpha value is -3.22. The molecule has 27 heavy (non-hydrogen) atoms. The van der Waals surface area contributed by atoms with Crippen molar-refractivity contribution in [3.63, 3.8) is 0 Å². The van der Waals surface area contributed by atoms with Gasteiger partial charge in [0.25, 0.3) is 0 Å². The first-order valence-electron chi connectivity index (χ1n) is 8.63. The predicted octanol–water partition coefficient (Wildman–Crippen LogP) is 3.18. The van der Waals surface area contributed by atoms with Gasteiger partial charge in [0.05, 0.1) is 17.9 Å². The van der Waals surface area contributed by atoms with Crippen molar-refractivity contribution in [2.45, 2.75) is 13.0 Å². The Balaban J connectivity index is 1.86. The molecule has 0 radical (unpaired) electrons. The smallest absolute Gasteiger partial charge is 0.160 e. The van der Waals surface area contributed by atoms with E-state index in [0.29, 0.717) is 36.5 Å². The lowest BCUT2D eigenvalue weighted by molar-refractivity contribution is -0.104. The Bertz CT molecular complexity index is 998. The highest BCUT2D eigenvalue weighted by atomic mass is 16.5. The number of rotatable bonds is 4. The zero-order valence-corrected chi connectivity index (χ0v) is 14.5. The number of hydrogen-bond acceptors (Lipinski definition) is 6. The predicted molar refractivity (Wildman–Crippen MR) is 99.6 cm³/mol. The molecule has 6 nitrogen and oxygen atoms in total. The topological polar surface area (TPSA) is 83.4 Å². The van der Waals surface area contributed by atoms with Crippen molar-refractivity contribution in [3.05, 3.63) is 70.9 Å². The average molecular weight is 359 g/mol. The largest absolute Gasteiger partial charge is 0.314 e. The molecule has 2 heterocycles. The normalized spacial score (nSPS) is 13.8. The molecule has 0 bridgehead atoms. The van der Waals surface area contributed by atoms with Crippen molar-refractivity contribution in [3.8, 4) is 22.6 Å². The highest BCUT2D eigenvalue weighted by molar-refractivity contribution is 5.78.